The molecule has 0 amide bonds. The van der Waals surface area contributed by atoms with E-state index in [1.54, 1.807) is 0 Å². The molecule has 0 aromatic rings. The second-order valence-corrected chi connectivity index (χ2v) is 22.7. The Morgan fingerprint density at radius 1 is 0.263 bits per heavy atom. The molecular formula is C74H128O6. The molecule has 460 valence electrons. The van der Waals surface area contributed by atoms with Crippen LogP contribution in [-0.2, 0) is 28.6 Å². The summed E-state index contributed by atoms with van der Waals surface area (Å²) in [5, 5.41) is 0. The second kappa shape index (κ2) is 67.8. The minimum absolute atomic E-state index is 0.0764. The van der Waals surface area contributed by atoms with Crippen molar-refractivity contribution in [2.24, 2.45) is 0 Å². The van der Waals surface area contributed by atoms with Crippen molar-refractivity contribution in [1.82, 2.24) is 0 Å². The van der Waals surface area contributed by atoms with Crippen molar-refractivity contribution in [1.29, 1.82) is 0 Å². The summed E-state index contributed by atoms with van der Waals surface area (Å²) in [4.78, 5) is 38.1. The highest BCUT2D eigenvalue weighted by Gasteiger charge is 2.19. The molecule has 1 atom stereocenters. The normalized spacial score (nSPS) is 12.7. The van der Waals surface area contributed by atoms with Gasteiger partial charge in [-0.2, -0.15) is 0 Å². The average Bonchev–Trinajstić information content (AvgIpc) is 3.46. The zero-order valence-corrected chi connectivity index (χ0v) is 52.8. The van der Waals surface area contributed by atoms with Crippen LogP contribution < -0.4 is 0 Å². The Hall–Kier alpha value is -3.67. The molecule has 1 unspecified atom stereocenters. The minimum Gasteiger partial charge on any atom is -0.462 e. The largest absolute Gasteiger partial charge is 0.462 e. The van der Waals surface area contributed by atoms with Gasteiger partial charge in [-0.25, -0.2) is 0 Å². The Labute approximate surface area is 496 Å². The van der Waals surface area contributed by atoms with E-state index >= 15 is 0 Å². The van der Waals surface area contributed by atoms with E-state index in [2.05, 4.69) is 118 Å². The third-order valence-electron chi connectivity index (χ3n) is 14.9. The summed E-state index contributed by atoms with van der Waals surface area (Å²) in [5.41, 5.74) is 0. The van der Waals surface area contributed by atoms with Crippen molar-refractivity contribution in [2.45, 2.75) is 341 Å². The molecule has 0 N–H and O–H groups in total. The third kappa shape index (κ3) is 65.1. The number of rotatable bonds is 62. The van der Waals surface area contributed by atoms with Gasteiger partial charge in [0.05, 0.1) is 0 Å². The quantitative estimate of drug-likeness (QED) is 0.0261. The molecule has 0 heterocycles. The Balaban J connectivity index is 4.07. The first-order chi connectivity index (χ1) is 39.5. The van der Waals surface area contributed by atoms with Crippen molar-refractivity contribution in [3.05, 3.63) is 97.2 Å². The van der Waals surface area contributed by atoms with E-state index in [0.29, 0.717) is 19.3 Å². The van der Waals surface area contributed by atoms with Crippen molar-refractivity contribution < 1.29 is 28.6 Å². The number of hydrogen-bond acceptors (Lipinski definition) is 6. The first kappa shape index (κ1) is 76.3. The van der Waals surface area contributed by atoms with Crippen LogP contribution in [0.4, 0.5) is 0 Å². The summed E-state index contributed by atoms with van der Waals surface area (Å²) in [6.07, 6.45) is 91.8. The Kier molecular flexibility index (Phi) is 64.7. The molecule has 0 aromatic carbocycles. The number of carbonyl (C=O) groups excluding carboxylic acids is 3. The maximum absolute atomic E-state index is 12.9. The molecule has 0 spiro atoms. The van der Waals surface area contributed by atoms with Gasteiger partial charge >= 0.3 is 17.9 Å². The topological polar surface area (TPSA) is 78.9 Å². The summed E-state index contributed by atoms with van der Waals surface area (Å²) in [6, 6.07) is 0. The smallest absolute Gasteiger partial charge is 0.306 e. The molecule has 80 heavy (non-hydrogen) atoms. The van der Waals surface area contributed by atoms with Crippen LogP contribution in [-0.4, -0.2) is 37.2 Å². The summed E-state index contributed by atoms with van der Waals surface area (Å²) in [5.74, 6) is -0.881. The van der Waals surface area contributed by atoms with E-state index in [1.165, 1.54) is 180 Å². The fraction of sp³-hybridized carbons (Fsp3) is 0.743. The average molecular weight is 1110 g/mol. The predicted molar refractivity (Wildman–Crippen MR) is 348 cm³/mol. The van der Waals surface area contributed by atoms with Gasteiger partial charge in [0.25, 0.3) is 0 Å². The van der Waals surface area contributed by atoms with Crippen molar-refractivity contribution >= 4 is 17.9 Å². The van der Waals surface area contributed by atoms with E-state index in [4.69, 9.17) is 14.2 Å². The zero-order chi connectivity index (χ0) is 57.8. The summed E-state index contributed by atoms with van der Waals surface area (Å²) in [7, 11) is 0. The summed E-state index contributed by atoms with van der Waals surface area (Å²) < 4.78 is 16.8. The van der Waals surface area contributed by atoms with Gasteiger partial charge in [0.15, 0.2) is 6.10 Å². The molecule has 0 saturated carbocycles. The van der Waals surface area contributed by atoms with Crippen molar-refractivity contribution in [3.8, 4) is 0 Å². The standard InChI is InChI=1S/C74H128O6/c1-4-7-10-13-16-18-20-22-24-26-28-30-32-33-34-35-36-37-38-39-40-41-43-44-46-48-50-52-54-56-58-61-64-67-73(76)79-70-71(69-78-72(75)66-63-60-15-12-9-6-3)80-74(77)68-65-62-59-57-55-53-51-49-47-45-42-31-29-27-25-23-21-19-17-14-11-8-5-2/h7,10,16,18,22,24,28,30,33-34,36-37,39-40,43-44,71H,4-6,8-9,11-15,17,19-21,23,25-27,29,31-32,35,38,41-42,45-70H2,1-3H3/b10-7-,18-16-,24-22-,30-28-,34-33-,37-36-,40-39-,44-43-. The van der Waals surface area contributed by atoms with Gasteiger partial charge in [0.1, 0.15) is 13.2 Å². The monoisotopic (exact) mass is 1110 g/mol. The number of allylic oxidation sites excluding steroid dienone is 16. The molecule has 0 aliphatic heterocycles. The first-order valence-electron chi connectivity index (χ1n) is 34.2. The van der Waals surface area contributed by atoms with E-state index in [0.717, 1.165) is 116 Å². The van der Waals surface area contributed by atoms with Crippen LogP contribution in [0.15, 0.2) is 97.2 Å². The van der Waals surface area contributed by atoms with Crippen LogP contribution >= 0.6 is 0 Å². The number of carbonyl (C=O) groups is 3. The maximum Gasteiger partial charge on any atom is 0.306 e. The molecule has 0 saturated heterocycles. The van der Waals surface area contributed by atoms with Gasteiger partial charge in [-0.3, -0.25) is 14.4 Å². The van der Waals surface area contributed by atoms with Gasteiger partial charge in [0, 0.05) is 19.3 Å². The van der Waals surface area contributed by atoms with Gasteiger partial charge in [0.2, 0.25) is 0 Å². The molecule has 6 heteroatoms. The van der Waals surface area contributed by atoms with E-state index < -0.39 is 6.10 Å². The van der Waals surface area contributed by atoms with E-state index in [1.807, 2.05) is 0 Å². The SMILES string of the molecule is CC/C=C\C/C=C\C/C=C\C/C=C\C/C=C\C/C=C\C/C=C\C/C=C\CCCCCCCCCCC(=O)OCC(COC(=O)CCCCCCCC)OC(=O)CCCCCCCCCCCCCCCCCCCCCCCCC. The predicted octanol–water partition coefficient (Wildman–Crippen LogP) is 23.6. The minimum atomic E-state index is -0.776. The molecule has 0 aliphatic rings. The third-order valence-corrected chi connectivity index (χ3v) is 14.9. The molecule has 0 aliphatic carbocycles. The zero-order valence-electron chi connectivity index (χ0n) is 52.8. The van der Waals surface area contributed by atoms with Gasteiger partial charge in [-0.05, 0) is 83.5 Å². The number of hydrogen-bond donors (Lipinski definition) is 0. The Morgan fingerprint density at radius 2 is 0.487 bits per heavy atom. The molecule has 6 nitrogen and oxygen atoms in total. The molecule has 0 aromatic heterocycles. The fourth-order valence-corrected chi connectivity index (χ4v) is 9.76. The second-order valence-electron chi connectivity index (χ2n) is 22.7. The van der Waals surface area contributed by atoms with Crippen molar-refractivity contribution in [3.63, 3.8) is 0 Å². The van der Waals surface area contributed by atoms with Crippen molar-refractivity contribution in [2.75, 3.05) is 13.2 Å². The Bertz CT molecular complexity index is 1560. The lowest BCUT2D eigenvalue weighted by Gasteiger charge is -2.18. The van der Waals surface area contributed by atoms with Gasteiger partial charge in [-0.15, -0.1) is 0 Å². The van der Waals surface area contributed by atoms with Crippen LogP contribution in [0.5, 0.6) is 0 Å². The highest BCUT2D eigenvalue weighted by molar-refractivity contribution is 5.71. The summed E-state index contributed by atoms with van der Waals surface area (Å²) >= 11 is 0. The number of ether oxygens (including phenoxy) is 3. The lowest BCUT2D eigenvalue weighted by Crippen LogP contribution is -2.30. The molecule has 0 bridgehead atoms. The van der Waals surface area contributed by atoms with E-state index in [9.17, 15) is 14.4 Å². The van der Waals surface area contributed by atoms with Crippen LogP contribution in [0, 0.1) is 0 Å². The maximum atomic E-state index is 12.9. The lowest BCUT2D eigenvalue weighted by atomic mass is 10.0. The van der Waals surface area contributed by atoms with E-state index in [-0.39, 0.29) is 31.1 Å². The molecule has 0 fully saturated rings. The fourth-order valence-electron chi connectivity index (χ4n) is 9.76. The van der Waals surface area contributed by atoms with Gasteiger partial charge < -0.3 is 14.2 Å². The molecular weight excluding hydrogens is 985 g/mol. The van der Waals surface area contributed by atoms with Crippen LogP contribution in [0.3, 0.4) is 0 Å². The Morgan fingerprint density at radius 3 is 0.762 bits per heavy atom. The highest BCUT2D eigenvalue weighted by atomic mass is 16.6. The number of esters is 3. The molecule has 0 rings (SSSR count). The summed E-state index contributed by atoms with van der Waals surface area (Å²) in [6.45, 7) is 6.50. The lowest BCUT2D eigenvalue weighted by molar-refractivity contribution is -0.167. The van der Waals surface area contributed by atoms with Crippen LogP contribution in [0.1, 0.15) is 335 Å². The first-order valence-corrected chi connectivity index (χ1v) is 34.2. The van der Waals surface area contributed by atoms with Gasteiger partial charge in [-0.1, -0.05) is 330 Å². The highest BCUT2D eigenvalue weighted by Crippen LogP contribution is 2.17. The number of unbranched alkanes of at least 4 members (excludes halogenated alkanes) is 35. The van der Waals surface area contributed by atoms with Crippen LogP contribution in [0.25, 0.3) is 0 Å². The van der Waals surface area contributed by atoms with Crippen LogP contribution in [0.2, 0.25) is 0 Å². The molecule has 0 radical (unpaired) electrons.